The van der Waals surface area contributed by atoms with E-state index < -0.39 is 16.6 Å². The van der Waals surface area contributed by atoms with Crippen LogP contribution in [0, 0.1) is 17.0 Å². The minimum Gasteiger partial charge on any atom is -0.365 e. The van der Waals surface area contributed by atoms with Gasteiger partial charge in [-0.3, -0.25) is 4.79 Å². The molecule has 6 heteroatoms. The van der Waals surface area contributed by atoms with E-state index in [-0.39, 0.29) is 5.56 Å². The summed E-state index contributed by atoms with van der Waals surface area (Å²) in [6.07, 6.45) is 1.26. The van der Waals surface area contributed by atoms with Crippen LogP contribution in [-0.4, -0.2) is 15.8 Å². The monoisotopic (exact) mass is 181 g/mol. The zero-order chi connectivity index (χ0) is 10.0. The molecule has 0 bridgehead atoms. The molecule has 0 saturated carbocycles. The fourth-order valence-corrected chi connectivity index (χ4v) is 0.987. The average molecular weight is 181 g/mol. The summed E-state index contributed by atoms with van der Waals surface area (Å²) in [5.74, 6) is -1.33. The molecule has 0 spiro atoms. The van der Waals surface area contributed by atoms with Crippen molar-refractivity contribution in [1.29, 1.82) is 0 Å². The van der Waals surface area contributed by atoms with Crippen LogP contribution < -0.4 is 5.73 Å². The number of hydrogen-bond acceptors (Lipinski definition) is 4. The first-order valence-corrected chi connectivity index (χ1v) is 3.44. The fourth-order valence-electron chi connectivity index (χ4n) is 0.987. The van der Waals surface area contributed by atoms with Crippen molar-refractivity contribution >= 4 is 11.7 Å². The van der Waals surface area contributed by atoms with Gasteiger partial charge in [-0.05, 0) is 28.5 Å². The molecule has 0 aliphatic heterocycles. The number of amides is 1. The highest BCUT2D eigenvalue weighted by atomic mass is 16.6. The Kier molecular flexibility index (Phi) is 2.23. The van der Waals surface area contributed by atoms with Crippen molar-refractivity contribution in [2.75, 3.05) is 0 Å². The lowest BCUT2D eigenvalue weighted by atomic mass is 10.1. The summed E-state index contributed by atoms with van der Waals surface area (Å²) in [7, 11) is 0. The van der Waals surface area contributed by atoms with E-state index in [1.54, 1.807) is 6.92 Å². The first kappa shape index (κ1) is 9.11. The van der Waals surface area contributed by atoms with E-state index >= 15 is 0 Å². The van der Waals surface area contributed by atoms with Crippen LogP contribution in [0.4, 0.5) is 5.82 Å². The Morgan fingerprint density at radius 2 is 2.31 bits per heavy atom. The van der Waals surface area contributed by atoms with Gasteiger partial charge in [0.05, 0.1) is 0 Å². The van der Waals surface area contributed by atoms with Crippen molar-refractivity contribution in [2.24, 2.45) is 5.73 Å². The molecule has 0 fully saturated rings. The summed E-state index contributed by atoms with van der Waals surface area (Å²) in [4.78, 5) is 24.0. The molecule has 0 unspecified atom stereocenters. The lowest BCUT2D eigenvalue weighted by molar-refractivity contribution is -0.389. The predicted molar refractivity (Wildman–Crippen MR) is 44.1 cm³/mol. The molecule has 6 nitrogen and oxygen atoms in total. The third-order valence-electron chi connectivity index (χ3n) is 1.56. The first-order chi connectivity index (χ1) is 6.04. The molecular weight excluding hydrogens is 174 g/mol. The summed E-state index contributed by atoms with van der Waals surface area (Å²) < 4.78 is 0. The molecule has 13 heavy (non-hydrogen) atoms. The van der Waals surface area contributed by atoms with Crippen molar-refractivity contribution in [3.05, 3.63) is 33.5 Å². The molecule has 1 heterocycles. The molecule has 2 N–H and O–H groups in total. The molecule has 1 aromatic rings. The number of rotatable bonds is 2. The Balaban J connectivity index is 3.43. The molecule has 0 atom stereocenters. The Labute approximate surface area is 73.5 Å². The van der Waals surface area contributed by atoms with E-state index in [2.05, 4.69) is 4.98 Å². The molecule has 0 aromatic carbocycles. The summed E-state index contributed by atoms with van der Waals surface area (Å²) >= 11 is 0. The first-order valence-electron chi connectivity index (χ1n) is 3.44. The number of carbonyl (C=O) groups is 1. The lowest BCUT2D eigenvalue weighted by Crippen LogP contribution is -2.15. The van der Waals surface area contributed by atoms with Crippen molar-refractivity contribution in [2.45, 2.75) is 6.92 Å². The second kappa shape index (κ2) is 3.18. The van der Waals surface area contributed by atoms with Crippen LogP contribution in [-0.2, 0) is 0 Å². The molecule has 68 valence electrons. The Morgan fingerprint density at radius 1 is 1.69 bits per heavy atom. The summed E-state index contributed by atoms with van der Waals surface area (Å²) in [6, 6.07) is 1.49. The van der Waals surface area contributed by atoms with Gasteiger partial charge in [0.2, 0.25) is 0 Å². The topological polar surface area (TPSA) is 99.1 Å². The number of primary amides is 1. The summed E-state index contributed by atoms with van der Waals surface area (Å²) in [5, 5.41) is 10.4. The highest BCUT2D eigenvalue weighted by Gasteiger charge is 2.21. The second-order valence-electron chi connectivity index (χ2n) is 2.45. The second-order valence-corrected chi connectivity index (χ2v) is 2.45. The molecule has 0 saturated heterocycles. The van der Waals surface area contributed by atoms with Gasteiger partial charge in [-0.25, -0.2) is 0 Å². The van der Waals surface area contributed by atoms with E-state index in [0.717, 1.165) is 0 Å². The summed E-state index contributed by atoms with van der Waals surface area (Å²) in [6.45, 7) is 1.56. The molecular formula is C7H7N3O3. The van der Waals surface area contributed by atoms with Crippen LogP contribution in [0.5, 0.6) is 0 Å². The van der Waals surface area contributed by atoms with Crippen molar-refractivity contribution < 1.29 is 9.72 Å². The van der Waals surface area contributed by atoms with Gasteiger partial charge in [0, 0.05) is 0 Å². The van der Waals surface area contributed by atoms with Crippen LogP contribution in [0.15, 0.2) is 12.3 Å². The minimum atomic E-state index is -0.836. The van der Waals surface area contributed by atoms with Gasteiger partial charge in [0.1, 0.15) is 11.8 Å². The summed E-state index contributed by atoms with van der Waals surface area (Å²) in [5.41, 5.74) is 5.29. The number of hydrogen-bond donors (Lipinski definition) is 1. The molecule has 1 aromatic heterocycles. The quantitative estimate of drug-likeness (QED) is 0.527. The van der Waals surface area contributed by atoms with Gasteiger partial charge in [-0.15, -0.1) is 0 Å². The maximum absolute atomic E-state index is 10.8. The van der Waals surface area contributed by atoms with E-state index in [0.29, 0.717) is 5.56 Å². The molecule has 0 aliphatic rings. The van der Waals surface area contributed by atoms with Crippen LogP contribution in [0.3, 0.4) is 0 Å². The minimum absolute atomic E-state index is 0.132. The number of aryl methyl sites for hydroxylation is 1. The molecule has 0 aliphatic carbocycles. The Hall–Kier alpha value is -1.98. The number of nitro groups is 1. The Morgan fingerprint density at radius 3 is 2.69 bits per heavy atom. The highest BCUT2D eigenvalue weighted by molar-refractivity contribution is 5.97. The van der Waals surface area contributed by atoms with Crippen LogP contribution in [0.2, 0.25) is 0 Å². The maximum atomic E-state index is 10.8. The number of aromatic nitrogens is 1. The molecule has 0 radical (unpaired) electrons. The lowest BCUT2D eigenvalue weighted by Gasteiger charge is -2.00. The van der Waals surface area contributed by atoms with E-state index in [1.807, 2.05) is 0 Å². The standard InChI is InChI=1S/C7H7N3O3/c1-4-2-3-9-7(10(12)13)5(4)6(8)11/h2-3H,1H3,(H2,8,11). The van der Waals surface area contributed by atoms with Crippen molar-refractivity contribution in [1.82, 2.24) is 4.98 Å². The van der Waals surface area contributed by atoms with Gasteiger partial charge in [-0.1, -0.05) is 0 Å². The zero-order valence-electron chi connectivity index (χ0n) is 6.85. The third kappa shape index (κ3) is 1.61. The average Bonchev–Trinajstić information content (AvgIpc) is 2.02. The van der Waals surface area contributed by atoms with Gasteiger partial charge in [-0.2, -0.15) is 0 Å². The number of nitrogens with two attached hydrogens (primary N) is 1. The van der Waals surface area contributed by atoms with Crippen LogP contribution >= 0.6 is 0 Å². The largest absolute Gasteiger partial charge is 0.376 e. The highest BCUT2D eigenvalue weighted by Crippen LogP contribution is 2.17. The van der Waals surface area contributed by atoms with Crippen molar-refractivity contribution in [3.8, 4) is 0 Å². The van der Waals surface area contributed by atoms with Crippen molar-refractivity contribution in [3.63, 3.8) is 0 Å². The Bertz CT molecular complexity index is 375. The van der Waals surface area contributed by atoms with Crippen LogP contribution in [0.1, 0.15) is 15.9 Å². The van der Waals surface area contributed by atoms with E-state index in [1.165, 1.54) is 12.3 Å². The molecule has 1 rings (SSSR count). The number of nitrogens with zero attached hydrogens (tertiary/aromatic N) is 2. The van der Waals surface area contributed by atoms with Gasteiger partial charge >= 0.3 is 5.82 Å². The third-order valence-corrected chi connectivity index (χ3v) is 1.56. The van der Waals surface area contributed by atoms with E-state index in [4.69, 9.17) is 5.73 Å². The maximum Gasteiger partial charge on any atom is 0.376 e. The zero-order valence-corrected chi connectivity index (χ0v) is 6.85. The molecule has 1 amide bonds. The predicted octanol–water partition coefficient (Wildman–Crippen LogP) is 0.397. The van der Waals surface area contributed by atoms with Gasteiger partial charge < -0.3 is 15.8 Å². The fraction of sp³-hybridized carbons (Fsp3) is 0.143. The smallest absolute Gasteiger partial charge is 0.365 e. The SMILES string of the molecule is Cc1ccnc([N+](=O)[O-])c1C(N)=O. The van der Waals surface area contributed by atoms with E-state index in [9.17, 15) is 14.9 Å². The normalized spacial score (nSPS) is 9.62. The van der Waals surface area contributed by atoms with Crippen LogP contribution in [0.25, 0.3) is 0 Å². The van der Waals surface area contributed by atoms with Gasteiger partial charge in [0.15, 0.2) is 0 Å². The van der Waals surface area contributed by atoms with Gasteiger partial charge in [0.25, 0.3) is 5.91 Å². The number of pyridine rings is 1. The number of carbonyl (C=O) groups excluding carboxylic acids is 1.